The van der Waals surface area contributed by atoms with Gasteiger partial charge in [-0.25, -0.2) is 0 Å². The largest absolute Gasteiger partial charge is 0.416 e. The zero-order valence-corrected chi connectivity index (χ0v) is 22.3. The van der Waals surface area contributed by atoms with Crippen LogP contribution in [0.4, 0.5) is 26.3 Å². The predicted octanol–water partition coefficient (Wildman–Crippen LogP) is 9.85. The summed E-state index contributed by atoms with van der Waals surface area (Å²) in [6.45, 7) is 4.33. The van der Waals surface area contributed by atoms with E-state index in [1.807, 2.05) is 13.8 Å². The second-order valence-corrected chi connectivity index (χ2v) is 9.10. The van der Waals surface area contributed by atoms with Crippen LogP contribution in [0, 0.1) is 0 Å². The lowest BCUT2D eigenvalue weighted by atomic mass is 10.0. The first kappa shape index (κ1) is 30.3. The molecule has 0 aromatic heterocycles. The molecule has 3 nitrogen and oxygen atoms in total. The Balaban J connectivity index is 1.50. The minimum absolute atomic E-state index is 0.344. The number of benzene rings is 4. The third kappa shape index (κ3) is 7.75. The summed E-state index contributed by atoms with van der Waals surface area (Å²) in [7, 11) is 0. The summed E-state index contributed by atoms with van der Waals surface area (Å²) in [4.78, 5) is 0. The van der Waals surface area contributed by atoms with E-state index in [1.54, 1.807) is 48.5 Å². The van der Waals surface area contributed by atoms with E-state index in [1.165, 1.54) is 24.3 Å². The summed E-state index contributed by atoms with van der Waals surface area (Å²) in [5, 5.41) is 0. The van der Waals surface area contributed by atoms with Gasteiger partial charge in [-0.3, -0.25) is 0 Å². The van der Waals surface area contributed by atoms with E-state index in [9.17, 15) is 26.3 Å². The van der Waals surface area contributed by atoms with E-state index in [-0.39, 0.29) is 0 Å². The number of hydrogen-bond donors (Lipinski definition) is 0. The second kappa shape index (κ2) is 12.9. The van der Waals surface area contributed by atoms with Crippen molar-refractivity contribution in [3.8, 4) is 22.3 Å². The Morgan fingerprint density at radius 2 is 0.732 bits per heavy atom. The van der Waals surface area contributed by atoms with Crippen molar-refractivity contribution in [3.05, 3.63) is 119 Å². The summed E-state index contributed by atoms with van der Waals surface area (Å²) in [6.07, 6.45) is -10.4. The Labute approximate surface area is 234 Å². The van der Waals surface area contributed by atoms with Crippen molar-refractivity contribution in [2.75, 3.05) is 13.2 Å². The fourth-order valence-electron chi connectivity index (χ4n) is 4.21. The maximum atomic E-state index is 12.9. The summed E-state index contributed by atoms with van der Waals surface area (Å²) in [5.41, 5.74) is 2.70. The SMILES string of the molecule is CCOC(OC(OCC)c1ccc(-c2ccc(C(F)(F)F)cc2)cc1)c1ccc(-c2ccc(C(F)(F)F)cc2)cc1. The summed E-state index contributed by atoms with van der Waals surface area (Å²) < 4.78 is 95.2. The number of halogens is 6. The normalized spacial score (nSPS) is 13.7. The summed E-state index contributed by atoms with van der Waals surface area (Å²) >= 11 is 0. The van der Waals surface area contributed by atoms with Crippen LogP contribution in [0.2, 0.25) is 0 Å². The van der Waals surface area contributed by atoms with Gasteiger partial charge in [0.2, 0.25) is 0 Å². The molecule has 4 rings (SSSR count). The monoisotopic (exact) mass is 574 g/mol. The van der Waals surface area contributed by atoms with Crippen molar-refractivity contribution in [1.82, 2.24) is 0 Å². The summed E-state index contributed by atoms with van der Waals surface area (Å²) in [5.74, 6) is 0. The van der Waals surface area contributed by atoms with Crippen LogP contribution in [0.3, 0.4) is 0 Å². The first-order chi connectivity index (χ1) is 19.5. The van der Waals surface area contributed by atoms with Crippen LogP contribution in [0.5, 0.6) is 0 Å². The lowest BCUT2D eigenvalue weighted by Gasteiger charge is -2.25. The van der Waals surface area contributed by atoms with Gasteiger partial charge in [0.05, 0.1) is 11.1 Å². The van der Waals surface area contributed by atoms with Gasteiger partial charge in [-0.1, -0.05) is 72.8 Å². The van der Waals surface area contributed by atoms with Gasteiger partial charge in [0.1, 0.15) is 0 Å². The van der Waals surface area contributed by atoms with Crippen LogP contribution in [0.1, 0.15) is 48.7 Å². The van der Waals surface area contributed by atoms with Gasteiger partial charge >= 0.3 is 12.4 Å². The van der Waals surface area contributed by atoms with Crippen molar-refractivity contribution in [1.29, 1.82) is 0 Å². The van der Waals surface area contributed by atoms with E-state index in [0.29, 0.717) is 35.5 Å². The molecule has 0 N–H and O–H groups in total. The van der Waals surface area contributed by atoms with E-state index < -0.39 is 36.1 Å². The van der Waals surface area contributed by atoms with E-state index in [4.69, 9.17) is 14.2 Å². The minimum atomic E-state index is -4.40. The highest BCUT2D eigenvalue weighted by Crippen LogP contribution is 2.34. The van der Waals surface area contributed by atoms with Crippen LogP contribution in [0.25, 0.3) is 22.3 Å². The minimum Gasteiger partial charge on any atom is -0.349 e. The van der Waals surface area contributed by atoms with Crippen LogP contribution < -0.4 is 0 Å². The quantitative estimate of drug-likeness (QED) is 0.139. The molecule has 216 valence electrons. The molecule has 0 saturated carbocycles. The van der Waals surface area contributed by atoms with Crippen molar-refractivity contribution in [2.24, 2.45) is 0 Å². The first-order valence-corrected chi connectivity index (χ1v) is 12.9. The van der Waals surface area contributed by atoms with E-state index in [2.05, 4.69) is 0 Å². The zero-order chi connectivity index (χ0) is 29.6. The molecule has 41 heavy (non-hydrogen) atoms. The van der Waals surface area contributed by atoms with Gasteiger partial charge in [0, 0.05) is 24.3 Å². The Kier molecular flexibility index (Phi) is 9.53. The molecule has 0 spiro atoms. The smallest absolute Gasteiger partial charge is 0.349 e. The molecular weight excluding hydrogens is 546 g/mol. The van der Waals surface area contributed by atoms with Gasteiger partial charge in [-0.05, 0) is 60.4 Å². The van der Waals surface area contributed by atoms with Gasteiger partial charge < -0.3 is 14.2 Å². The van der Waals surface area contributed by atoms with E-state index in [0.717, 1.165) is 35.4 Å². The van der Waals surface area contributed by atoms with Crippen LogP contribution in [-0.4, -0.2) is 13.2 Å². The van der Waals surface area contributed by atoms with Crippen LogP contribution in [-0.2, 0) is 26.6 Å². The van der Waals surface area contributed by atoms with Crippen LogP contribution in [0.15, 0.2) is 97.1 Å². The van der Waals surface area contributed by atoms with Crippen molar-refractivity contribution < 1.29 is 40.6 Å². The standard InChI is InChI=1S/C32H28F6O3/c1-3-39-29(25-9-5-21(6-10-25)23-13-17-27(18-14-23)31(33,34)35)41-30(40-4-2)26-11-7-22(8-12-26)24-15-19-28(20-16-24)32(36,37)38/h5-20,29-30H,3-4H2,1-2H3. The Hall–Kier alpha value is -3.66. The van der Waals surface area contributed by atoms with Crippen molar-refractivity contribution in [3.63, 3.8) is 0 Å². The number of hydrogen-bond acceptors (Lipinski definition) is 3. The third-order valence-corrected chi connectivity index (χ3v) is 6.34. The first-order valence-electron chi connectivity index (χ1n) is 12.9. The van der Waals surface area contributed by atoms with Gasteiger partial charge in [0.25, 0.3) is 0 Å². The molecule has 2 atom stereocenters. The van der Waals surface area contributed by atoms with Gasteiger partial charge in [0.15, 0.2) is 12.6 Å². The van der Waals surface area contributed by atoms with Gasteiger partial charge in [-0.2, -0.15) is 26.3 Å². The van der Waals surface area contributed by atoms with Crippen molar-refractivity contribution >= 4 is 0 Å². The molecule has 4 aromatic carbocycles. The molecule has 0 bridgehead atoms. The Morgan fingerprint density at radius 1 is 0.463 bits per heavy atom. The average Bonchev–Trinajstić information content (AvgIpc) is 2.96. The third-order valence-electron chi connectivity index (χ3n) is 6.34. The molecule has 0 saturated heterocycles. The molecule has 2 unspecified atom stereocenters. The second-order valence-electron chi connectivity index (χ2n) is 9.10. The van der Waals surface area contributed by atoms with Crippen molar-refractivity contribution in [2.45, 2.75) is 38.8 Å². The topological polar surface area (TPSA) is 27.7 Å². The number of ether oxygens (including phenoxy) is 3. The summed E-state index contributed by atoms with van der Waals surface area (Å²) in [6, 6.07) is 24.1. The average molecular weight is 575 g/mol. The maximum absolute atomic E-state index is 12.9. The Morgan fingerprint density at radius 3 is 0.976 bits per heavy atom. The highest BCUT2D eigenvalue weighted by atomic mass is 19.4. The van der Waals surface area contributed by atoms with Crippen LogP contribution >= 0.6 is 0 Å². The fraction of sp³-hybridized carbons (Fsp3) is 0.250. The molecule has 9 heteroatoms. The highest BCUT2D eigenvalue weighted by molar-refractivity contribution is 5.65. The molecule has 4 aromatic rings. The fourth-order valence-corrected chi connectivity index (χ4v) is 4.21. The van der Waals surface area contributed by atoms with E-state index >= 15 is 0 Å². The predicted molar refractivity (Wildman–Crippen MR) is 144 cm³/mol. The molecule has 0 radical (unpaired) electrons. The lowest BCUT2D eigenvalue weighted by Crippen LogP contribution is -2.16. The molecule has 0 heterocycles. The lowest BCUT2D eigenvalue weighted by molar-refractivity contribution is -0.251. The molecule has 0 aliphatic heterocycles. The Bertz CT molecular complexity index is 1270. The molecule has 0 amide bonds. The molecule has 0 aliphatic carbocycles. The highest BCUT2D eigenvalue weighted by Gasteiger charge is 2.31. The number of rotatable bonds is 10. The van der Waals surface area contributed by atoms with Gasteiger partial charge in [-0.15, -0.1) is 0 Å². The number of alkyl halides is 6. The molecular formula is C32H28F6O3. The zero-order valence-electron chi connectivity index (χ0n) is 22.3. The molecule has 0 aliphatic rings. The maximum Gasteiger partial charge on any atom is 0.416 e. The molecule has 0 fully saturated rings.